The summed E-state index contributed by atoms with van der Waals surface area (Å²) in [4.78, 5) is 15.5. The second-order valence-corrected chi connectivity index (χ2v) is 8.98. The Morgan fingerprint density at radius 3 is 2.48 bits per heavy atom. The Balaban J connectivity index is 1.71. The highest BCUT2D eigenvalue weighted by Gasteiger charge is 2.31. The van der Waals surface area contributed by atoms with Crippen LogP contribution in [-0.2, 0) is 11.2 Å². The molecule has 1 fully saturated rings. The average molecular weight is 455 g/mol. The lowest BCUT2D eigenvalue weighted by Gasteiger charge is -2.32. The zero-order valence-corrected chi connectivity index (χ0v) is 20.4. The lowest BCUT2D eigenvalue weighted by atomic mass is 9.89. The molecule has 3 rings (SSSR count). The van der Waals surface area contributed by atoms with E-state index in [1.807, 2.05) is 17.0 Å². The van der Waals surface area contributed by atoms with Gasteiger partial charge in [0.05, 0.1) is 13.7 Å². The third kappa shape index (κ3) is 6.95. The average Bonchev–Trinajstić information content (AvgIpc) is 3.26. The first-order valence-corrected chi connectivity index (χ1v) is 11.9. The molecule has 2 aromatic rings. The van der Waals surface area contributed by atoms with Crippen molar-refractivity contribution in [2.75, 3.05) is 47.1 Å². The number of methoxy groups -OCH3 is 2. The molecule has 0 bridgehead atoms. The Hall–Kier alpha value is -2.57. The largest absolute Gasteiger partial charge is 0.493 e. The molecule has 0 saturated carbocycles. The van der Waals surface area contributed by atoms with E-state index in [1.165, 1.54) is 5.56 Å². The Labute approximate surface area is 198 Å². The Kier molecular flexibility index (Phi) is 9.58. The summed E-state index contributed by atoms with van der Waals surface area (Å²) in [5.74, 6) is 2.17. The molecule has 1 aliphatic rings. The van der Waals surface area contributed by atoms with Gasteiger partial charge in [-0.2, -0.15) is 0 Å². The molecule has 0 aromatic heterocycles. The van der Waals surface area contributed by atoms with Crippen LogP contribution in [0.2, 0.25) is 0 Å². The topological polar surface area (TPSA) is 60.0 Å². The summed E-state index contributed by atoms with van der Waals surface area (Å²) in [7, 11) is 3.28. The Morgan fingerprint density at radius 2 is 1.79 bits per heavy atom. The summed E-state index contributed by atoms with van der Waals surface area (Å²) >= 11 is 0. The summed E-state index contributed by atoms with van der Waals surface area (Å²) in [6.45, 7) is 7.95. The molecule has 1 heterocycles. The second kappa shape index (κ2) is 12.6. The van der Waals surface area contributed by atoms with Crippen LogP contribution in [0.1, 0.15) is 36.2 Å². The van der Waals surface area contributed by atoms with Gasteiger partial charge in [-0.1, -0.05) is 30.3 Å². The lowest BCUT2D eigenvalue weighted by molar-refractivity contribution is 0.0661. The lowest BCUT2D eigenvalue weighted by Crippen LogP contribution is -2.42. The predicted octanol–water partition coefficient (Wildman–Crippen LogP) is 4.04. The smallest absolute Gasteiger partial charge is 0.254 e. The van der Waals surface area contributed by atoms with Crippen molar-refractivity contribution in [2.24, 2.45) is 11.8 Å². The molecular weight excluding hydrogens is 416 g/mol. The minimum absolute atomic E-state index is 0.0276. The summed E-state index contributed by atoms with van der Waals surface area (Å²) in [5, 5.41) is 3.54. The van der Waals surface area contributed by atoms with Crippen molar-refractivity contribution in [3.05, 3.63) is 59.7 Å². The van der Waals surface area contributed by atoms with Gasteiger partial charge >= 0.3 is 0 Å². The molecule has 1 amide bonds. The molecule has 0 radical (unpaired) electrons. The minimum Gasteiger partial charge on any atom is -0.493 e. The van der Waals surface area contributed by atoms with E-state index in [0.717, 1.165) is 32.5 Å². The van der Waals surface area contributed by atoms with E-state index in [1.54, 1.807) is 20.3 Å². The molecule has 0 aliphatic carbocycles. The van der Waals surface area contributed by atoms with E-state index in [0.29, 0.717) is 42.1 Å². The van der Waals surface area contributed by atoms with Crippen LogP contribution < -0.4 is 14.8 Å². The van der Waals surface area contributed by atoms with Gasteiger partial charge in [-0.3, -0.25) is 4.79 Å². The quantitative estimate of drug-likeness (QED) is 0.491. The highest BCUT2D eigenvalue weighted by molar-refractivity contribution is 5.95. The molecule has 0 unspecified atom stereocenters. The molecule has 2 atom stereocenters. The highest BCUT2D eigenvalue weighted by Crippen LogP contribution is 2.30. The maximum atomic E-state index is 13.6. The fourth-order valence-electron chi connectivity index (χ4n) is 4.41. The third-order valence-electron chi connectivity index (χ3n) is 6.30. The van der Waals surface area contributed by atoms with E-state index in [-0.39, 0.29) is 11.9 Å². The van der Waals surface area contributed by atoms with Crippen LogP contribution in [-0.4, -0.2) is 63.9 Å². The van der Waals surface area contributed by atoms with Crippen LogP contribution >= 0.6 is 0 Å². The van der Waals surface area contributed by atoms with E-state index in [4.69, 9.17) is 14.2 Å². The summed E-state index contributed by atoms with van der Waals surface area (Å²) in [6, 6.07) is 16.2. The van der Waals surface area contributed by atoms with Gasteiger partial charge in [0, 0.05) is 38.3 Å². The van der Waals surface area contributed by atoms with Crippen LogP contribution in [0.3, 0.4) is 0 Å². The number of benzene rings is 2. The van der Waals surface area contributed by atoms with E-state index >= 15 is 0 Å². The van der Waals surface area contributed by atoms with Gasteiger partial charge in [0.25, 0.3) is 5.91 Å². The van der Waals surface area contributed by atoms with E-state index in [9.17, 15) is 4.79 Å². The summed E-state index contributed by atoms with van der Waals surface area (Å²) < 4.78 is 16.4. The molecule has 1 aliphatic heterocycles. The fraction of sp³-hybridized carbons (Fsp3) is 0.519. The van der Waals surface area contributed by atoms with Gasteiger partial charge < -0.3 is 24.4 Å². The van der Waals surface area contributed by atoms with Gasteiger partial charge in [-0.25, -0.2) is 0 Å². The van der Waals surface area contributed by atoms with Gasteiger partial charge in [0.15, 0.2) is 11.5 Å². The normalized spacial score (nSPS) is 17.8. The van der Waals surface area contributed by atoms with Crippen LogP contribution in [0.15, 0.2) is 48.5 Å². The maximum absolute atomic E-state index is 13.6. The molecule has 6 heteroatoms. The van der Waals surface area contributed by atoms with Crippen LogP contribution in [0.4, 0.5) is 0 Å². The van der Waals surface area contributed by atoms with Crippen molar-refractivity contribution >= 4 is 5.91 Å². The Bertz CT molecular complexity index is 872. The molecular formula is C27H38N2O4. The number of carbonyl (C=O) groups is 1. The number of nitrogens with zero attached hydrogens (tertiary/aromatic N) is 1. The van der Waals surface area contributed by atoms with Gasteiger partial charge in [0.2, 0.25) is 0 Å². The van der Waals surface area contributed by atoms with Crippen molar-refractivity contribution in [1.82, 2.24) is 10.2 Å². The second-order valence-electron chi connectivity index (χ2n) is 8.98. The van der Waals surface area contributed by atoms with E-state index < -0.39 is 0 Å². The van der Waals surface area contributed by atoms with Crippen molar-refractivity contribution in [3.8, 4) is 11.5 Å². The van der Waals surface area contributed by atoms with E-state index in [2.05, 4.69) is 49.5 Å². The monoisotopic (exact) mass is 454 g/mol. The van der Waals surface area contributed by atoms with Crippen LogP contribution in [0.25, 0.3) is 0 Å². The number of nitrogens with one attached hydrogen (secondary N) is 1. The van der Waals surface area contributed by atoms with Gasteiger partial charge in [-0.15, -0.1) is 0 Å². The van der Waals surface area contributed by atoms with Crippen molar-refractivity contribution < 1.29 is 19.0 Å². The number of carbonyl (C=O) groups excluding carboxylic acids is 1. The summed E-state index contributed by atoms with van der Waals surface area (Å²) in [5.41, 5.74) is 1.97. The van der Waals surface area contributed by atoms with Crippen LogP contribution in [0.5, 0.6) is 11.5 Å². The molecule has 6 nitrogen and oxygen atoms in total. The zero-order chi connectivity index (χ0) is 23.6. The SMILES string of the molecule is COCCCOc1cc(C(=O)N(C[C@@H]2CNC[C@@H]2Cc2ccccc2)C(C)C)ccc1OC. The molecule has 1 saturated heterocycles. The third-order valence-corrected chi connectivity index (χ3v) is 6.30. The highest BCUT2D eigenvalue weighted by atomic mass is 16.5. The Morgan fingerprint density at radius 1 is 1.03 bits per heavy atom. The van der Waals surface area contributed by atoms with Crippen molar-refractivity contribution in [2.45, 2.75) is 32.7 Å². The number of ether oxygens (including phenoxy) is 3. The molecule has 180 valence electrons. The summed E-state index contributed by atoms with van der Waals surface area (Å²) in [6.07, 6.45) is 1.80. The maximum Gasteiger partial charge on any atom is 0.254 e. The number of hydrogen-bond acceptors (Lipinski definition) is 5. The van der Waals surface area contributed by atoms with Crippen molar-refractivity contribution in [3.63, 3.8) is 0 Å². The van der Waals surface area contributed by atoms with Gasteiger partial charge in [0.1, 0.15) is 0 Å². The predicted molar refractivity (Wildman–Crippen MR) is 131 cm³/mol. The van der Waals surface area contributed by atoms with Crippen molar-refractivity contribution in [1.29, 1.82) is 0 Å². The van der Waals surface area contributed by atoms with Gasteiger partial charge in [-0.05, 0) is 69.0 Å². The standard InChI is InChI=1S/C27H38N2O4/c1-20(2)29(19-24-18-28-17-23(24)15-21-9-6-5-7-10-21)27(30)22-11-12-25(32-4)26(16-22)33-14-8-13-31-3/h5-7,9-12,16,20,23-24,28H,8,13-15,17-19H2,1-4H3/t23-,24-/m0/s1. The minimum atomic E-state index is 0.0276. The number of amides is 1. The first kappa shape index (κ1) is 25.1. The number of rotatable bonds is 12. The zero-order valence-electron chi connectivity index (χ0n) is 20.4. The molecule has 0 spiro atoms. The van der Waals surface area contributed by atoms with Crippen LogP contribution in [0, 0.1) is 11.8 Å². The number of hydrogen-bond donors (Lipinski definition) is 1. The molecule has 1 N–H and O–H groups in total. The molecule has 2 aromatic carbocycles. The molecule has 33 heavy (non-hydrogen) atoms. The fourth-order valence-corrected chi connectivity index (χ4v) is 4.41. The first-order valence-electron chi connectivity index (χ1n) is 11.9. The first-order chi connectivity index (χ1) is 16.0.